The van der Waals surface area contributed by atoms with Gasteiger partial charge >= 0.3 is 0 Å². The van der Waals surface area contributed by atoms with Crippen molar-refractivity contribution in [3.63, 3.8) is 0 Å². The molecule has 1 fully saturated rings. The molecule has 0 spiro atoms. The van der Waals surface area contributed by atoms with Crippen LogP contribution in [-0.4, -0.2) is 71.9 Å². The van der Waals surface area contributed by atoms with Crippen molar-refractivity contribution in [2.75, 3.05) is 44.7 Å². The second-order valence-corrected chi connectivity index (χ2v) is 7.01. The summed E-state index contributed by atoms with van der Waals surface area (Å²) in [6.45, 7) is 5.47. The Bertz CT molecular complexity index is 804. The smallest absolute Gasteiger partial charge is 0.272 e. The fourth-order valence-corrected chi connectivity index (χ4v) is 3.17. The van der Waals surface area contributed by atoms with Crippen molar-refractivity contribution in [1.82, 2.24) is 19.8 Å². The lowest BCUT2D eigenvalue weighted by atomic mass is 10.2. The SMILES string of the molecule is CCCCN(C)C(=O)c1cc(N2CCN(C=O)CC2)nc(-c2ccccc2)n1. The molecule has 7 nitrogen and oxygen atoms in total. The van der Waals surface area contributed by atoms with Gasteiger partial charge in [0.05, 0.1) is 0 Å². The van der Waals surface area contributed by atoms with Gasteiger partial charge in [0.2, 0.25) is 6.41 Å². The van der Waals surface area contributed by atoms with Crippen LogP contribution < -0.4 is 4.90 Å². The Labute approximate surface area is 166 Å². The third-order valence-corrected chi connectivity index (χ3v) is 4.94. The number of hydrogen-bond donors (Lipinski definition) is 0. The second-order valence-electron chi connectivity index (χ2n) is 7.01. The van der Waals surface area contributed by atoms with Crippen LogP contribution in [0.1, 0.15) is 30.3 Å². The Hall–Kier alpha value is -2.96. The van der Waals surface area contributed by atoms with Crippen LogP contribution in [0.25, 0.3) is 11.4 Å². The van der Waals surface area contributed by atoms with Crippen molar-refractivity contribution in [2.24, 2.45) is 0 Å². The highest BCUT2D eigenvalue weighted by molar-refractivity contribution is 5.93. The first kappa shape index (κ1) is 19.8. The number of carbonyl (C=O) groups is 2. The van der Waals surface area contributed by atoms with E-state index in [0.717, 1.165) is 30.6 Å². The maximum Gasteiger partial charge on any atom is 0.272 e. The van der Waals surface area contributed by atoms with Gasteiger partial charge in [-0.25, -0.2) is 9.97 Å². The molecule has 1 aliphatic rings. The van der Waals surface area contributed by atoms with Gasteiger partial charge in [0, 0.05) is 51.4 Å². The number of hydrogen-bond acceptors (Lipinski definition) is 5. The van der Waals surface area contributed by atoms with Crippen LogP contribution in [0.5, 0.6) is 0 Å². The van der Waals surface area contributed by atoms with Crippen molar-refractivity contribution in [3.05, 3.63) is 42.1 Å². The first-order valence-corrected chi connectivity index (χ1v) is 9.76. The third kappa shape index (κ3) is 4.65. The maximum absolute atomic E-state index is 12.9. The van der Waals surface area contributed by atoms with Crippen LogP contribution in [-0.2, 0) is 4.79 Å². The molecule has 1 aliphatic heterocycles. The van der Waals surface area contributed by atoms with Crippen LogP contribution in [0.3, 0.4) is 0 Å². The summed E-state index contributed by atoms with van der Waals surface area (Å²) < 4.78 is 0. The van der Waals surface area contributed by atoms with Gasteiger partial charge in [-0.3, -0.25) is 9.59 Å². The zero-order chi connectivity index (χ0) is 19.9. The summed E-state index contributed by atoms with van der Waals surface area (Å²) in [7, 11) is 1.81. The molecule has 28 heavy (non-hydrogen) atoms. The molecule has 0 radical (unpaired) electrons. The monoisotopic (exact) mass is 381 g/mol. The first-order valence-electron chi connectivity index (χ1n) is 9.76. The minimum atomic E-state index is -0.0965. The lowest BCUT2D eigenvalue weighted by Crippen LogP contribution is -2.46. The van der Waals surface area contributed by atoms with Gasteiger partial charge in [-0.15, -0.1) is 0 Å². The molecule has 2 amide bonds. The quantitative estimate of drug-likeness (QED) is 0.689. The Morgan fingerprint density at radius 3 is 2.50 bits per heavy atom. The Balaban J connectivity index is 1.93. The van der Waals surface area contributed by atoms with Gasteiger partial charge in [0.1, 0.15) is 11.5 Å². The lowest BCUT2D eigenvalue weighted by Gasteiger charge is -2.33. The minimum absolute atomic E-state index is 0.0965. The third-order valence-electron chi connectivity index (χ3n) is 4.94. The van der Waals surface area contributed by atoms with E-state index in [9.17, 15) is 9.59 Å². The van der Waals surface area contributed by atoms with Crippen molar-refractivity contribution in [2.45, 2.75) is 19.8 Å². The van der Waals surface area contributed by atoms with Crippen LogP contribution >= 0.6 is 0 Å². The molecule has 0 N–H and O–H groups in total. The van der Waals surface area contributed by atoms with Gasteiger partial charge in [-0.1, -0.05) is 43.7 Å². The molecule has 1 aromatic carbocycles. The highest BCUT2D eigenvalue weighted by atomic mass is 16.2. The minimum Gasteiger partial charge on any atom is -0.353 e. The van der Waals surface area contributed by atoms with Gasteiger partial charge in [0.15, 0.2) is 5.82 Å². The molecule has 7 heteroatoms. The highest BCUT2D eigenvalue weighted by Gasteiger charge is 2.21. The molecule has 3 rings (SSSR count). The largest absolute Gasteiger partial charge is 0.353 e. The number of aromatic nitrogens is 2. The fraction of sp³-hybridized carbons (Fsp3) is 0.429. The Morgan fingerprint density at radius 1 is 1.14 bits per heavy atom. The predicted octanol–water partition coefficient (Wildman–Crippen LogP) is 2.29. The van der Waals surface area contributed by atoms with E-state index in [-0.39, 0.29) is 5.91 Å². The molecule has 0 bridgehead atoms. The van der Waals surface area contributed by atoms with E-state index in [1.54, 1.807) is 15.9 Å². The molecule has 0 atom stereocenters. The molecule has 1 saturated heterocycles. The van der Waals surface area contributed by atoms with E-state index >= 15 is 0 Å². The lowest BCUT2D eigenvalue weighted by molar-refractivity contribution is -0.118. The molecule has 0 unspecified atom stereocenters. The predicted molar refractivity (Wildman–Crippen MR) is 109 cm³/mol. The Kier molecular flexibility index (Phi) is 6.57. The molecule has 0 aliphatic carbocycles. The van der Waals surface area contributed by atoms with Gasteiger partial charge in [-0.2, -0.15) is 0 Å². The number of nitrogens with zero attached hydrogens (tertiary/aromatic N) is 5. The van der Waals surface area contributed by atoms with E-state index < -0.39 is 0 Å². The molecule has 148 valence electrons. The number of benzene rings is 1. The van der Waals surface area contributed by atoms with Crippen LogP contribution in [0.4, 0.5) is 5.82 Å². The first-order chi connectivity index (χ1) is 13.6. The number of piperazine rings is 1. The fourth-order valence-electron chi connectivity index (χ4n) is 3.17. The van der Waals surface area contributed by atoms with E-state index in [1.807, 2.05) is 37.4 Å². The average Bonchev–Trinajstić information content (AvgIpc) is 2.77. The van der Waals surface area contributed by atoms with Crippen molar-refractivity contribution < 1.29 is 9.59 Å². The number of unbranched alkanes of at least 4 members (excludes halogenated alkanes) is 1. The van der Waals surface area contributed by atoms with Gasteiger partial charge in [0.25, 0.3) is 5.91 Å². The summed E-state index contributed by atoms with van der Waals surface area (Å²) in [5, 5.41) is 0. The van der Waals surface area contributed by atoms with Crippen LogP contribution in [0.2, 0.25) is 0 Å². The number of carbonyl (C=O) groups excluding carboxylic acids is 2. The van der Waals surface area contributed by atoms with E-state index in [1.165, 1.54) is 0 Å². The molecule has 2 heterocycles. The topological polar surface area (TPSA) is 69.6 Å². The maximum atomic E-state index is 12.9. The standard InChI is InChI=1S/C21H27N5O2/c1-3-4-10-24(2)21(28)18-15-19(26-13-11-25(16-27)12-14-26)23-20(22-18)17-8-6-5-7-9-17/h5-9,15-16H,3-4,10-14H2,1-2H3. The van der Waals surface area contributed by atoms with Crippen molar-refractivity contribution in [3.8, 4) is 11.4 Å². The summed E-state index contributed by atoms with van der Waals surface area (Å²) in [6, 6.07) is 11.5. The number of amides is 2. The Morgan fingerprint density at radius 2 is 1.86 bits per heavy atom. The zero-order valence-electron chi connectivity index (χ0n) is 16.5. The van der Waals surface area contributed by atoms with Gasteiger partial charge in [-0.05, 0) is 6.42 Å². The zero-order valence-corrected chi connectivity index (χ0v) is 16.5. The highest BCUT2D eigenvalue weighted by Crippen LogP contribution is 2.22. The van der Waals surface area contributed by atoms with Crippen LogP contribution in [0.15, 0.2) is 36.4 Å². The normalized spacial score (nSPS) is 14.1. The summed E-state index contributed by atoms with van der Waals surface area (Å²) >= 11 is 0. The number of anilines is 1. The molecular weight excluding hydrogens is 354 g/mol. The van der Waals surface area contributed by atoms with Gasteiger partial charge < -0.3 is 14.7 Å². The number of rotatable bonds is 7. The average molecular weight is 381 g/mol. The summed E-state index contributed by atoms with van der Waals surface area (Å²) in [5.41, 5.74) is 1.28. The van der Waals surface area contributed by atoms with Crippen LogP contribution in [0, 0.1) is 0 Å². The molecule has 2 aromatic rings. The van der Waals surface area contributed by atoms with Crippen molar-refractivity contribution >= 4 is 18.1 Å². The molecular formula is C21H27N5O2. The van der Waals surface area contributed by atoms with E-state index in [2.05, 4.69) is 16.8 Å². The van der Waals surface area contributed by atoms with E-state index in [4.69, 9.17) is 4.98 Å². The summed E-state index contributed by atoms with van der Waals surface area (Å²) in [5.74, 6) is 1.18. The summed E-state index contributed by atoms with van der Waals surface area (Å²) in [6.07, 6.45) is 2.87. The second kappa shape index (κ2) is 9.30. The molecule has 0 saturated carbocycles. The van der Waals surface area contributed by atoms with Crippen molar-refractivity contribution in [1.29, 1.82) is 0 Å². The van der Waals surface area contributed by atoms with E-state index in [0.29, 0.717) is 44.2 Å². The molecule has 1 aromatic heterocycles. The summed E-state index contributed by atoms with van der Waals surface area (Å²) in [4.78, 5) is 38.8.